The normalized spacial score (nSPS) is 26.4. The summed E-state index contributed by atoms with van der Waals surface area (Å²) in [4.78, 5) is 38.0. The van der Waals surface area contributed by atoms with Crippen LogP contribution in [0.1, 0.15) is 19.3 Å². The van der Waals surface area contributed by atoms with Gasteiger partial charge in [-0.25, -0.2) is 4.79 Å². The van der Waals surface area contributed by atoms with Crippen LogP contribution in [-0.4, -0.2) is 66.2 Å². The van der Waals surface area contributed by atoms with Crippen LogP contribution in [0.25, 0.3) is 0 Å². The third kappa shape index (κ3) is 3.02. The number of likely N-dealkylation sites (tertiary alicyclic amines) is 2. The summed E-state index contributed by atoms with van der Waals surface area (Å²) in [7, 11) is 1.34. The van der Waals surface area contributed by atoms with Crippen LogP contribution < -0.4 is 0 Å². The Morgan fingerprint density at radius 3 is 2.35 bits per heavy atom. The lowest BCUT2D eigenvalue weighted by molar-refractivity contribution is -0.145. The van der Waals surface area contributed by atoms with Crippen molar-refractivity contribution in [2.45, 2.75) is 19.3 Å². The quantitative estimate of drug-likeness (QED) is 0.742. The molecule has 2 aliphatic heterocycles. The van der Waals surface area contributed by atoms with Gasteiger partial charge in [0.2, 0.25) is 0 Å². The van der Waals surface area contributed by atoms with E-state index in [0.29, 0.717) is 38.9 Å². The van der Waals surface area contributed by atoms with Gasteiger partial charge in [0, 0.05) is 26.2 Å². The van der Waals surface area contributed by atoms with Crippen molar-refractivity contribution in [3.05, 3.63) is 0 Å². The summed E-state index contributed by atoms with van der Waals surface area (Å²) in [5.41, 5.74) is 0. The number of carboxylic acid groups (broad SMARTS) is 1. The predicted molar refractivity (Wildman–Crippen MR) is 69.0 cm³/mol. The Bertz CT molecular complexity index is 412. The van der Waals surface area contributed by atoms with Crippen molar-refractivity contribution >= 4 is 18.0 Å². The molecule has 1 N–H and O–H groups in total. The van der Waals surface area contributed by atoms with Crippen molar-refractivity contribution in [1.82, 2.24) is 9.80 Å². The number of hydrogen-bond acceptors (Lipinski definition) is 4. The molecule has 2 amide bonds. The molecule has 0 saturated carbocycles. The van der Waals surface area contributed by atoms with Crippen LogP contribution in [0, 0.1) is 11.8 Å². The molecule has 0 bridgehead atoms. The van der Waals surface area contributed by atoms with Gasteiger partial charge in [0.25, 0.3) is 0 Å². The molecule has 2 atom stereocenters. The minimum atomic E-state index is -0.851. The van der Waals surface area contributed by atoms with E-state index in [1.54, 1.807) is 9.80 Å². The number of ether oxygens (including phenoxy) is 1. The number of hydrogen-bond donors (Lipinski definition) is 1. The number of carbonyl (C=O) groups is 3. The van der Waals surface area contributed by atoms with E-state index in [-0.39, 0.29) is 24.5 Å². The van der Waals surface area contributed by atoms with Crippen LogP contribution in [-0.2, 0) is 14.3 Å². The van der Waals surface area contributed by atoms with E-state index in [1.165, 1.54) is 7.11 Å². The van der Waals surface area contributed by atoms with Crippen molar-refractivity contribution in [2.75, 3.05) is 33.3 Å². The molecule has 2 rings (SSSR count). The molecule has 2 fully saturated rings. The molecule has 0 aromatic heterocycles. The number of piperidine rings is 1. The first-order chi connectivity index (χ1) is 9.52. The van der Waals surface area contributed by atoms with Gasteiger partial charge < -0.3 is 19.6 Å². The molecule has 0 radical (unpaired) electrons. The number of aliphatic carboxylic acids is 1. The Morgan fingerprint density at radius 2 is 1.70 bits per heavy atom. The fourth-order valence-corrected chi connectivity index (χ4v) is 2.85. The van der Waals surface area contributed by atoms with Gasteiger partial charge in [0.15, 0.2) is 0 Å². The first kappa shape index (κ1) is 14.6. The zero-order valence-corrected chi connectivity index (χ0v) is 11.6. The van der Waals surface area contributed by atoms with Crippen molar-refractivity contribution < 1.29 is 24.2 Å². The maximum Gasteiger partial charge on any atom is 0.320 e. The Kier molecular flexibility index (Phi) is 4.46. The van der Waals surface area contributed by atoms with Gasteiger partial charge in [-0.1, -0.05) is 0 Å². The van der Waals surface area contributed by atoms with Crippen molar-refractivity contribution in [2.24, 2.45) is 11.8 Å². The molecule has 0 spiro atoms. The monoisotopic (exact) mass is 284 g/mol. The summed E-state index contributed by atoms with van der Waals surface area (Å²) < 4.78 is 4.69. The average Bonchev–Trinajstić information content (AvgIpc) is 2.95. The van der Waals surface area contributed by atoms with E-state index in [9.17, 15) is 14.4 Å². The highest BCUT2D eigenvalue weighted by molar-refractivity contribution is 5.79. The van der Waals surface area contributed by atoms with Gasteiger partial charge in [-0.2, -0.15) is 0 Å². The Balaban J connectivity index is 1.91. The van der Waals surface area contributed by atoms with Gasteiger partial charge >= 0.3 is 18.0 Å². The molecular formula is C13H20N2O5. The van der Waals surface area contributed by atoms with E-state index < -0.39 is 11.9 Å². The molecule has 2 aliphatic rings. The van der Waals surface area contributed by atoms with Crippen LogP contribution in [0.2, 0.25) is 0 Å². The standard InChI is InChI=1S/C13H20N2O5/c1-20-12(18)10-4-6-15(8-10)13(19)14-5-2-3-9(7-14)11(16)17/h9-10H,2-8H2,1H3,(H,16,17)/t9-,10?/m1/s1. The van der Waals surface area contributed by atoms with Crippen LogP contribution in [0.15, 0.2) is 0 Å². The van der Waals surface area contributed by atoms with Crippen LogP contribution in [0.3, 0.4) is 0 Å². The first-order valence-electron chi connectivity index (χ1n) is 6.87. The maximum absolute atomic E-state index is 12.3. The molecule has 112 valence electrons. The molecule has 20 heavy (non-hydrogen) atoms. The highest BCUT2D eigenvalue weighted by Gasteiger charge is 2.36. The molecule has 0 aliphatic carbocycles. The average molecular weight is 284 g/mol. The highest BCUT2D eigenvalue weighted by atomic mass is 16.5. The molecule has 0 aromatic rings. The second kappa shape index (κ2) is 6.11. The summed E-state index contributed by atoms with van der Waals surface area (Å²) in [6.07, 6.45) is 1.93. The minimum absolute atomic E-state index is 0.164. The number of nitrogens with zero attached hydrogens (tertiary/aromatic N) is 2. The fraction of sp³-hybridized carbons (Fsp3) is 0.769. The predicted octanol–water partition coefficient (Wildman–Crippen LogP) is 0.398. The van der Waals surface area contributed by atoms with Crippen molar-refractivity contribution in [1.29, 1.82) is 0 Å². The molecule has 7 nitrogen and oxygen atoms in total. The largest absolute Gasteiger partial charge is 0.481 e. The van der Waals surface area contributed by atoms with E-state index in [4.69, 9.17) is 5.11 Å². The number of methoxy groups -OCH3 is 1. The third-order valence-corrected chi connectivity index (χ3v) is 4.03. The second-order valence-corrected chi connectivity index (χ2v) is 5.36. The van der Waals surface area contributed by atoms with E-state index in [0.717, 1.165) is 0 Å². The van der Waals surface area contributed by atoms with Gasteiger partial charge in [-0.15, -0.1) is 0 Å². The number of rotatable bonds is 2. The second-order valence-electron chi connectivity index (χ2n) is 5.36. The molecular weight excluding hydrogens is 264 g/mol. The fourth-order valence-electron chi connectivity index (χ4n) is 2.85. The topological polar surface area (TPSA) is 87.2 Å². The summed E-state index contributed by atoms with van der Waals surface area (Å²) in [5, 5.41) is 9.04. The lowest BCUT2D eigenvalue weighted by atomic mass is 9.99. The zero-order chi connectivity index (χ0) is 14.7. The van der Waals surface area contributed by atoms with E-state index in [2.05, 4.69) is 4.74 Å². The molecule has 2 saturated heterocycles. The lowest BCUT2D eigenvalue weighted by Crippen LogP contribution is -2.48. The molecule has 1 unspecified atom stereocenters. The van der Waals surface area contributed by atoms with Crippen LogP contribution in [0.4, 0.5) is 4.79 Å². The molecule has 0 aromatic carbocycles. The third-order valence-electron chi connectivity index (χ3n) is 4.03. The van der Waals surface area contributed by atoms with Crippen LogP contribution >= 0.6 is 0 Å². The van der Waals surface area contributed by atoms with E-state index >= 15 is 0 Å². The van der Waals surface area contributed by atoms with Crippen molar-refractivity contribution in [3.8, 4) is 0 Å². The van der Waals surface area contributed by atoms with Crippen molar-refractivity contribution in [3.63, 3.8) is 0 Å². The van der Waals surface area contributed by atoms with Gasteiger partial charge in [-0.3, -0.25) is 9.59 Å². The van der Waals surface area contributed by atoms with Crippen LogP contribution in [0.5, 0.6) is 0 Å². The Hall–Kier alpha value is -1.79. The number of carbonyl (C=O) groups excluding carboxylic acids is 2. The smallest absolute Gasteiger partial charge is 0.320 e. The van der Waals surface area contributed by atoms with Gasteiger partial charge in [0.1, 0.15) is 0 Å². The SMILES string of the molecule is COC(=O)C1CCN(C(=O)N2CCC[C@@H](C(=O)O)C2)C1. The summed E-state index contributed by atoms with van der Waals surface area (Å²) >= 11 is 0. The number of esters is 1. The molecule has 2 heterocycles. The summed E-state index contributed by atoms with van der Waals surface area (Å²) in [6.45, 7) is 1.72. The molecule has 7 heteroatoms. The van der Waals surface area contributed by atoms with E-state index in [1.807, 2.05) is 0 Å². The lowest BCUT2D eigenvalue weighted by Gasteiger charge is -2.33. The summed E-state index contributed by atoms with van der Waals surface area (Å²) in [6, 6.07) is -0.164. The Labute approximate surface area is 117 Å². The number of carboxylic acids is 1. The minimum Gasteiger partial charge on any atom is -0.481 e. The highest BCUT2D eigenvalue weighted by Crippen LogP contribution is 2.22. The number of urea groups is 1. The maximum atomic E-state index is 12.3. The zero-order valence-electron chi connectivity index (χ0n) is 11.6. The number of amides is 2. The summed E-state index contributed by atoms with van der Waals surface area (Å²) in [5.74, 6) is -1.88. The van der Waals surface area contributed by atoms with Gasteiger partial charge in [0.05, 0.1) is 18.9 Å². The first-order valence-corrected chi connectivity index (χ1v) is 6.87. The van der Waals surface area contributed by atoms with Gasteiger partial charge in [-0.05, 0) is 19.3 Å². The Morgan fingerprint density at radius 1 is 1.05 bits per heavy atom.